The van der Waals surface area contributed by atoms with Crippen LogP contribution in [0, 0.1) is 29.6 Å². The van der Waals surface area contributed by atoms with E-state index in [1.807, 2.05) is 54.7 Å². The van der Waals surface area contributed by atoms with Gasteiger partial charge in [-0.3, -0.25) is 9.59 Å². The van der Waals surface area contributed by atoms with Gasteiger partial charge in [-0.25, -0.2) is 0 Å². The average molecular weight is 460 g/mol. The molecule has 0 bridgehead atoms. The summed E-state index contributed by atoms with van der Waals surface area (Å²) in [7, 11) is 0. The van der Waals surface area contributed by atoms with E-state index in [2.05, 4.69) is 31.8 Å². The first-order chi connectivity index (χ1) is 16.4. The Kier molecular flexibility index (Phi) is 7.87. The fourth-order valence-electron chi connectivity index (χ4n) is 5.62. The zero-order valence-electron chi connectivity index (χ0n) is 20.6. The Hall–Kier alpha value is -2.88. The van der Waals surface area contributed by atoms with Crippen molar-refractivity contribution in [1.82, 2.24) is 4.98 Å². The molecule has 1 aromatic heterocycles. The molecule has 4 heteroatoms. The largest absolute Gasteiger partial charge is 0.461 e. The average Bonchev–Trinajstić information content (AvgIpc) is 3.25. The van der Waals surface area contributed by atoms with Crippen molar-refractivity contribution < 1.29 is 14.3 Å². The number of carbonyl (C=O) groups is 2. The van der Waals surface area contributed by atoms with Crippen molar-refractivity contribution in [3.63, 3.8) is 0 Å². The number of hydrogen-bond acceptors (Lipinski definition) is 3. The van der Waals surface area contributed by atoms with Gasteiger partial charge in [-0.05, 0) is 54.2 Å². The lowest BCUT2D eigenvalue weighted by molar-refractivity contribution is -0.152. The zero-order chi connectivity index (χ0) is 24.1. The maximum Gasteiger partial charge on any atom is 0.310 e. The van der Waals surface area contributed by atoms with Crippen LogP contribution in [0.3, 0.4) is 0 Å². The molecule has 4 atom stereocenters. The number of fused-ring (bicyclic) bond motifs is 1. The molecule has 1 N–H and O–H groups in total. The van der Waals surface area contributed by atoms with E-state index < -0.39 is 5.92 Å². The minimum Gasteiger partial charge on any atom is -0.461 e. The highest BCUT2D eigenvalue weighted by molar-refractivity contribution is 5.88. The van der Waals surface area contributed by atoms with Gasteiger partial charge in [-0.15, -0.1) is 0 Å². The number of ether oxygens (including phenoxy) is 1. The van der Waals surface area contributed by atoms with E-state index in [-0.39, 0.29) is 30.7 Å². The highest BCUT2D eigenvalue weighted by atomic mass is 16.5. The van der Waals surface area contributed by atoms with E-state index in [9.17, 15) is 9.59 Å². The Labute approximate surface area is 203 Å². The highest BCUT2D eigenvalue weighted by Crippen LogP contribution is 2.39. The molecule has 180 valence electrons. The van der Waals surface area contributed by atoms with Crippen LogP contribution >= 0.6 is 0 Å². The van der Waals surface area contributed by atoms with E-state index in [0.717, 1.165) is 34.9 Å². The minimum absolute atomic E-state index is 0.0381. The van der Waals surface area contributed by atoms with Gasteiger partial charge >= 0.3 is 5.97 Å². The normalized spacial score (nSPS) is 21.5. The van der Waals surface area contributed by atoms with E-state index in [1.165, 1.54) is 6.42 Å². The first-order valence-corrected chi connectivity index (χ1v) is 12.7. The van der Waals surface area contributed by atoms with Crippen molar-refractivity contribution in [2.45, 2.75) is 59.5 Å². The second-order valence-corrected chi connectivity index (χ2v) is 10.5. The van der Waals surface area contributed by atoms with Crippen molar-refractivity contribution in [3.8, 4) is 0 Å². The Morgan fingerprint density at radius 2 is 1.76 bits per heavy atom. The molecule has 0 spiro atoms. The quantitative estimate of drug-likeness (QED) is 0.361. The van der Waals surface area contributed by atoms with Gasteiger partial charge in [0.2, 0.25) is 0 Å². The third-order valence-electron chi connectivity index (χ3n) is 7.58. The number of ketones is 1. The monoisotopic (exact) mass is 459 g/mol. The van der Waals surface area contributed by atoms with Crippen LogP contribution in [0.4, 0.5) is 0 Å². The van der Waals surface area contributed by atoms with Crippen LogP contribution in [0.5, 0.6) is 0 Å². The molecule has 2 aromatic carbocycles. The highest BCUT2D eigenvalue weighted by Gasteiger charge is 2.37. The molecular weight excluding hydrogens is 422 g/mol. The van der Waals surface area contributed by atoms with Crippen molar-refractivity contribution in [2.75, 3.05) is 0 Å². The number of carbonyl (C=O) groups excluding carboxylic acids is 2. The van der Waals surface area contributed by atoms with Crippen LogP contribution in [0.25, 0.3) is 10.9 Å². The molecule has 0 amide bonds. The summed E-state index contributed by atoms with van der Waals surface area (Å²) in [4.78, 5) is 30.2. The third kappa shape index (κ3) is 5.78. The molecule has 4 rings (SSSR count). The molecule has 0 unspecified atom stereocenters. The van der Waals surface area contributed by atoms with Crippen molar-refractivity contribution in [1.29, 1.82) is 0 Å². The van der Waals surface area contributed by atoms with Crippen LogP contribution < -0.4 is 0 Å². The maximum atomic E-state index is 13.6. The topological polar surface area (TPSA) is 59.2 Å². The number of rotatable bonds is 9. The standard InChI is InChI=1S/C30H37NO3/c1-20(2)25-14-13-21(3)15-27(25)29(32)17-23(30(33)34-19-22-9-5-4-6-10-22)16-24-18-31-28-12-8-7-11-26(24)28/h4-12,18,20-21,23,25,27,31H,13-17,19H2,1-3H3/t21-,23-,25+,27-/m1/s1. The van der Waals surface area contributed by atoms with Gasteiger partial charge in [0, 0.05) is 29.4 Å². The van der Waals surface area contributed by atoms with Crippen LogP contribution in [0.2, 0.25) is 0 Å². The lowest BCUT2D eigenvalue weighted by atomic mass is 9.67. The molecule has 1 heterocycles. The van der Waals surface area contributed by atoms with E-state index in [4.69, 9.17) is 4.74 Å². The Morgan fingerprint density at radius 3 is 2.53 bits per heavy atom. The molecule has 0 radical (unpaired) electrons. The number of benzene rings is 2. The smallest absolute Gasteiger partial charge is 0.310 e. The number of para-hydroxylation sites is 1. The van der Waals surface area contributed by atoms with Crippen LogP contribution in [-0.2, 0) is 27.4 Å². The minimum atomic E-state index is -0.486. The second-order valence-electron chi connectivity index (χ2n) is 10.5. The fourth-order valence-corrected chi connectivity index (χ4v) is 5.62. The first kappa shape index (κ1) is 24.3. The van der Waals surface area contributed by atoms with E-state index in [0.29, 0.717) is 24.2 Å². The van der Waals surface area contributed by atoms with Gasteiger partial charge < -0.3 is 9.72 Å². The first-order valence-electron chi connectivity index (χ1n) is 12.7. The van der Waals surface area contributed by atoms with Crippen molar-refractivity contribution in [2.24, 2.45) is 29.6 Å². The second kappa shape index (κ2) is 11.0. The molecule has 3 aromatic rings. The predicted molar refractivity (Wildman–Crippen MR) is 136 cm³/mol. The van der Waals surface area contributed by atoms with Crippen molar-refractivity contribution in [3.05, 3.63) is 71.9 Å². The molecule has 34 heavy (non-hydrogen) atoms. The summed E-state index contributed by atoms with van der Waals surface area (Å²) >= 11 is 0. The number of H-pyrrole nitrogens is 1. The predicted octanol–water partition coefficient (Wildman–Crippen LogP) is 6.74. The van der Waals surface area contributed by atoms with Gasteiger partial charge in [0.1, 0.15) is 12.4 Å². The summed E-state index contributed by atoms with van der Waals surface area (Å²) in [5.74, 6) is 0.924. The number of aromatic amines is 1. The Bertz CT molecular complexity index is 1100. The molecule has 0 saturated heterocycles. The summed E-state index contributed by atoms with van der Waals surface area (Å²) in [6.45, 7) is 6.92. The van der Waals surface area contributed by atoms with E-state index in [1.54, 1.807) is 0 Å². The van der Waals surface area contributed by atoms with Crippen LogP contribution in [-0.4, -0.2) is 16.7 Å². The number of nitrogens with one attached hydrogen (secondary N) is 1. The maximum absolute atomic E-state index is 13.6. The van der Waals surface area contributed by atoms with Gasteiger partial charge in [-0.1, -0.05) is 75.7 Å². The molecule has 1 saturated carbocycles. The molecular formula is C30H37NO3. The van der Waals surface area contributed by atoms with Gasteiger partial charge in [0.25, 0.3) is 0 Å². The Morgan fingerprint density at radius 1 is 1.03 bits per heavy atom. The molecule has 1 aliphatic rings. The number of hydrogen-bond donors (Lipinski definition) is 1. The summed E-state index contributed by atoms with van der Waals surface area (Å²) in [6.07, 6.45) is 5.92. The SMILES string of the molecule is CC(C)[C@@H]1CC[C@@H](C)C[C@H]1C(=O)C[C@@H](Cc1c[nH]c2ccccc12)C(=O)OCc1ccccc1. The fraction of sp³-hybridized carbons (Fsp3) is 0.467. The summed E-state index contributed by atoms with van der Waals surface area (Å²) in [5, 5.41) is 1.10. The lowest BCUT2D eigenvalue weighted by Gasteiger charge is -2.37. The zero-order valence-corrected chi connectivity index (χ0v) is 20.6. The van der Waals surface area contributed by atoms with Gasteiger partial charge in [0.15, 0.2) is 0 Å². The van der Waals surface area contributed by atoms with Gasteiger partial charge in [-0.2, -0.15) is 0 Å². The van der Waals surface area contributed by atoms with Crippen LogP contribution in [0.1, 0.15) is 57.6 Å². The number of esters is 1. The molecule has 1 aliphatic carbocycles. The summed E-state index contributed by atoms with van der Waals surface area (Å²) < 4.78 is 5.73. The van der Waals surface area contributed by atoms with Crippen molar-refractivity contribution >= 4 is 22.7 Å². The summed E-state index contributed by atoms with van der Waals surface area (Å²) in [5.41, 5.74) is 3.05. The van der Waals surface area contributed by atoms with E-state index >= 15 is 0 Å². The summed E-state index contributed by atoms with van der Waals surface area (Å²) in [6, 6.07) is 17.8. The Balaban J connectivity index is 1.53. The number of aromatic nitrogens is 1. The molecule has 0 aliphatic heterocycles. The molecule has 1 fully saturated rings. The van der Waals surface area contributed by atoms with Crippen LogP contribution in [0.15, 0.2) is 60.8 Å². The third-order valence-corrected chi connectivity index (χ3v) is 7.58. The number of Topliss-reactive ketones (excluding diaryl/α,β-unsaturated/α-hetero) is 1. The van der Waals surface area contributed by atoms with Gasteiger partial charge in [0.05, 0.1) is 5.92 Å². The lowest BCUT2D eigenvalue weighted by Crippen LogP contribution is -2.35. The molecule has 4 nitrogen and oxygen atoms in total.